The molecule has 0 aromatic heterocycles. The van der Waals surface area contributed by atoms with Crippen molar-refractivity contribution in [2.75, 3.05) is 0 Å². The highest BCUT2D eigenvalue weighted by molar-refractivity contribution is 5.67. The molecule has 0 aromatic rings. The van der Waals surface area contributed by atoms with E-state index in [0.29, 0.717) is 5.92 Å². The van der Waals surface area contributed by atoms with E-state index in [9.17, 15) is 0 Å². The van der Waals surface area contributed by atoms with E-state index in [1.54, 1.807) is 0 Å². The van der Waals surface area contributed by atoms with E-state index in [1.807, 2.05) is 6.08 Å². The summed E-state index contributed by atoms with van der Waals surface area (Å²) < 4.78 is 0. The molecule has 1 N–H and O–H groups in total. The minimum absolute atomic E-state index is 0.182. The Morgan fingerprint density at radius 2 is 2.50 bits per heavy atom. The summed E-state index contributed by atoms with van der Waals surface area (Å²) >= 11 is 0. The summed E-state index contributed by atoms with van der Waals surface area (Å²) in [7, 11) is 0. The fourth-order valence-corrected chi connectivity index (χ4v) is 0.933. The maximum absolute atomic E-state index is 6.98. The molecular weight excluding hydrogens is 98.1 g/mol. The second-order valence-corrected chi connectivity index (χ2v) is 2.70. The Morgan fingerprint density at radius 3 is 2.62 bits per heavy atom. The first-order chi connectivity index (χ1) is 3.73. The Labute approximate surface area is 49.9 Å². The first-order valence-electron chi connectivity index (χ1n) is 2.87. The predicted molar refractivity (Wildman–Crippen MR) is 35.2 cm³/mol. The molecular formula is C7H11N. The quantitative estimate of drug-likeness (QED) is 0.413. The fraction of sp³-hybridized carbons (Fsp3) is 0.571. The second kappa shape index (κ2) is 1.44. The number of rotatable bonds is 2. The van der Waals surface area contributed by atoms with Gasteiger partial charge in [0.05, 0.1) is 0 Å². The molecule has 1 nitrogen and oxygen atoms in total. The molecule has 8 heavy (non-hydrogen) atoms. The smallest absolute Gasteiger partial charge is 0.00901 e. The van der Waals surface area contributed by atoms with Gasteiger partial charge in [0, 0.05) is 11.6 Å². The lowest BCUT2D eigenvalue weighted by atomic mass is 10.1. The van der Waals surface area contributed by atoms with E-state index in [4.69, 9.17) is 5.41 Å². The standard InChI is InChI=1S/C7H11N/c1-3-6-4-7(6,2)5-8/h3,5-6,8H,1,4H2,2H3. The molecule has 0 heterocycles. The third-order valence-corrected chi connectivity index (χ3v) is 1.96. The van der Waals surface area contributed by atoms with Crippen molar-refractivity contribution in [1.29, 1.82) is 5.41 Å². The molecule has 0 amide bonds. The van der Waals surface area contributed by atoms with Crippen molar-refractivity contribution in [2.45, 2.75) is 13.3 Å². The molecule has 0 radical (unpaired) electrons. The third kappa shape index (κ3) is 0.585. The topological polar surface area (TPSA) is 23.9 Å². The highest BCUT2D eigenvalue weighted by Crippen LogP contribution is 2.50. The summed E-state index contributed by atoms with van der Waals surface area (Å²) in [5.74, 6) is 0.583. The minimum Gasteiger partial charge on any atom is -0.313 e. The maximum atomic E-state index is 6.98. The first-order valence-corrected chi connectivity index (χ1v) is 2.87. The van der Waals surface area contributed by atoms with Crippen molar-refractivity contribution in [2.24, 2.45) is 11.3 Å². The van der Waals surface area contributed by atoms with Gasteiger partial charge in [0.25, 0.3) is 0 Å². The number of allylic oxidation sites excluding steroid dienone is 1. The van der Waals surface area contributed by atoms with Crippen molar-refractivity contribution in [3.05, 3.63) is 12.7 Å². The Kier molecular flexibility index (Phi) is 0.999. The van der Waals surface area contributed by atoms with Gasteiger partial charge in [-0.2, -0.15) is 0 Å². The zero-order chi connectivity index (χ0) is 6.20. The van der Waals surface area contributed by atoms with Crippen molar-refractivity contribution < 1.29 is 0 Å². The lowest BCUT2D eigenvalue weighted by Crippen LogP contribution is -1.95. The molecule has 0 bridgehead atoms. The van der Waals surface area contributed by atoms with Crippen molar-refractivity contribution in [1.82, 2.24) is 0 Å². The molecule has 0 aliphatic heterocycles. The summed E-state index contributed by atoms with van der Waals surface area (Å²) in [6.07, 6.45) is 4.59. The van der Waals surface area contributed by atoms with E-state index in [-0.39, 0.29) is 5.41 Å². The van der Waals surface area contributed by atoms with Crippen LogP contribution < -0.4 is 0 Å². The van der Waals surface area contributed by atoms with E-state index in [1.165, 1.54) is 6.21 Å². The summed E-state index contributed by atoms with van der Waals surface area (Å²) in [5, 5.41) is 6.98. The highest BCUT2D eigenvalue weighted by Gasteiger charge is 2.45. The normalized spacial score (nSPS) is 43.4. The second-order valence-electron chi connectivity index (χ2n) is 2.70. The van der Waals surface area contributed by atoms with Crippen LogP contribution in [0.4, 0.5) is 0 Å². The van der Waals surface area contributed by atoms with Gasteiger partial charge in [-0.15, -0.1) is 6.58 Å². The van der Waals surface area contributed by atoms with Gasteiger partial charge in [-0.1, -0.05) is 13.0 Å². The van der Waals surface area contributed by atoms with E-state index in [2.05, 4.69) is 13.5 Å². The average Bonchev–Trinajstić information content (AvgIpc) is 2.44. The monoisotopic (exact) mass is 109 g/mol. The van der Waals surface area contributed by atoms with Gasteiger partial charge in [0.1, 0.15) is 0 Å². The predicted octanol–water partition coefficient (Wildman–Crippen LogP) is 1.85. The van der Waals surface area contributed by atoms with Crippen LogP contribution in [-0.2, 0) is 0 Å². The van der Waals surface area contributed by atoms with Gasteiger partial charge in [-0.05, 0) is 12.3 Å². The lowest BCUT2D eigenvalue weighted by molar-refractivity contribution is 0.762. The summed E-state index contributed by atoms with van der Waals surface area (Å²) in [5.41, 5.74) is 0.182. The van der Waals surface area contributed by atoms with E-state index >= 15 is 0 Å². The largest absolute Gasteiger partial charge is 0.313 e. The molecule has 2 atom stereocenters. The summed E-state index contributed by atoms with van der Waals surface area (Å²) in [6, 6.07) is 0. The molecule has 0 spiro atoms. The van der Waals surface area contributed by atoms with Crippen LogP contribution in [0, 0.1) is 16.7 Å². The van der Waals surface area contributed by atoms with Gasteiger partial charge >= 0.3 is 0 Å². The van der Waals surface area contributed by atoms with Crippen molar-refractivity contribution in [3.63, 3.8) is 0 Å². The Morgan fingerprint density at radius 1 is 1.88 bits per heavy atom. The van der Waals surface area contributed by atoms with E-state index < -0.39 is 0 Å². The lowest BCUT2D eigenvalue weighted by Gasteiger charge is -1.94. The van der Waals surface area contributed by atoms with Gasteiger partial charge in [-0.3, -0.25) is 0 Å². The molecule has 0 saturated heterocycles. The Hall–Kier alpha value is -0.590. The van der Waals surface area contributed by atoms with Gasteiger partial charge in [0.2, 0.25) is 0 Å². The molecule has 1 fully saturated rings. The molecule has 0 aromatic carbocycles. The Balaban J connectivity index is 2.54. The SMILES string of the molecule is C=CC1CC1(C)C=N. The maximum Gasteiger partial charge on any atom is 0.00901 e. The van der Waals surface area contributed by atoms with Crippen LogP contribution in [0.5, 0.6) is 0 Å². The summed E-state index contributed by atoms with van der Waals surface area (Å²) in [6.45, 7) is 5.75. The van der Waals surface area contributed by atoms with Crippen LogP contribution in [0.25, 0.3) is 0 Å². The van der Waals surface area contributed by atoms with Gasteiger partial charge in [-0.25, -0.2) is 0 Å². The molecule has 1 aliphatic carbocycles. The molecule has 1 saturated carbocycles. The number of nitrogens with one attached hydrogen (secondary N) is 1. The minimum atomic E-state index is 0.182. The van der Waals surface area contributed by atoms with Crippen molar-refractivity contribution in [3.8, 4) is 0 Å². The van der Waals surface area contributed by atoms with Crippen molar-refractivity contribution >= 4 is 6.21 Å². The summed E-state index contributed by atoms with van der Waals surface area (Å²) in [4.78, 5) is 0. The van der Waals surface area contributed by atoms with Crippen LogP contribution in [0.3, 0.4) is 0 Å². The zero-order valence-corrected chi connectivity index (χ0v) is 5.15. The fourth-order valence-electron chi connectivity index (χ4n) is 0.933. The van der Waals surface area contributed by atoms with Gasteiger partial charge in [0.15, 0.2) is 0 Å². The van der Waals surface area contributed by atoms with Gasteiger partial charge < -0.3 is 5.41 Å². The molecule has 2 unspecified atom stereocenters. The van der Waals surface area contributed by atoms with Crippen LogP contribution in [0.1, 0.15) is 13.3 Å². The number of hydrogen-bond donors (Lipinski definition) is 1. The van der Waals surface area contributed by atoms with Crippen LogP contribution in [0.15, 0.2) is 12.7 Å². The molecule has 44 valence electrons. The van der Waals surface area contributed by atoms with Crippen LogP contribution in [-0.4, -0.2) is 6.21 Å². The Bertz CT molecular complexity index is 128. The molecule has 1 heteroatoms. The molecule has 1 rings (SSSR count). The zero-order valence-electron chi connectivity index (χ0n) is 5.15. The van der Waals surface area contributed by atoms with Crippen LogP contribution in [0.2, 0.25) is 0 Å². The van der Waals surface area contributed by atoms with E-state index in [0.717, 1.165) is 6.42 Å². The highest BCUT2D eigenvalue weighted by atomic mass is 14.6. The first kappa shape index (κ1) is 5.54. The average molecular weight is 109 g/mol. The number of hydrogen-bond acceptors (Lipinski definition) is 1. The van der Waals surface area contributed by atoms with Crippen LogP contribution >= 0.6 is 0 Å². The molecule has 1 aliphatic rings. The third-order valence-electron chi connectivity index (χ3n) is 1.96.